The first-order valence-electron chi connectivity index (χ1n) is 7.41. The normalized spacial score (nSPS) is 16.1. The summed E-state index contributed by atoms with van der Waals surface area (Å²) in [5.41, 5.74) is 8.91. The minimum atomic E-state index is 0.718. The van der Waals surface area contributed by atoms with Crippen LogP contribution in [0.5, 0.6) is 0 Å². The molecule has 1 aliphatic heterocycles. The lowest BCUT2D eigenvalue weighted by atomic mass is 9.90. The van der Waals surface area contributed by atoms with E-state index < -0.39 is 0 Å². The molecule has 0 amide bonds. The molecule has 0 bridgehead atoms. The van der Waals surface area contributed by atoms with Gasteiger partial charge in [0.1, 0.15) is 0 Å². The van der Waals surface area contributed by atoms with E-state index in [2.05, 4.69) is 16.0 Å². The molecule has 0 spiro atoms. The van der Waals surface area contributed by atoms with Gasteiger partial charge in [-0.2, -0.15) is 0 Å². The molecule has 1 aromatic heterocycles. The van der Waals surface area contributed by atoms with Gasteiger partial charge >= 0.3 is 0 Å². The highest BCUT2D eigenvalue weighted by molar-refractivity contribution is 6.33. The lowest BCUT2D eigenvalue weighted by Crippen LogP contribution is -2.34. The van der Waals surface area contributed by atoms with Crippen molar-refractivity contribution in [1.29, 1.82) is 0 Å². The number of hydrogen-bond donors (Lipinski definition) is 1. The summed E-state index contributed by atoms with van der Waals surface area (Å²) in [6.07, 6.45) is 7.31. The molecule has 0 atom stereocenters. The molecule has 2 heterocycles. The Balaban J connectivity index is 1.60. The van der Waals surface area contributed by atoms with Crippen LogP contribution in [0.3, 0.4) is 0 Å². The Kier molecular flexibility index (Phi) is 4.30. The van der Waals surface area contributed by atoms with Gasteiger partial charge in [-0.15, -0.1) is 0 Å². The molecule has 4 heteroatoms. The van der Waals surface area contributed by atoms with E-state index in [1.54, 1.807) is 0 Å². The highest BCUT2D eigenvalue weighted by Crippen LogP contribution is 2.31. The SMILES string of the molecule is Nc1ccc(N2CCC(Cc3cccnc3)CC2)c(Cl)c1. The second-order valence-electron chi connectivity index (χ2n) is 5.71. The van der Waals surface area contributed by atoms with Gasteiger partial charge in [-0.05, 0) is 55.0 Å². The van der Waals surface area contributed by atoms with Gasteiger partial charge in [0.05, 0.1) is 10.7 Å². The van der Waals surface area contributed by atoms with Crippen molar-refractivity contribution in [3.63, 3.8) is 0 Å². The lowest BCUT2D eigenvalue weighted by Gasteiger charge is -2.34. The molecule has 21 heavy (non-hydrogen) atoms. The van der Waals surface area contributed by atoms with Crippen LogP contribution in [0.1, 0.15) is 18.4 Å². The molecule has 0 aliphatic carbocycles. The van der Waals surface area contributed by atoms with E-state index in [4.69, 9.17) is 17.3 Å². The van der Waals surface area contributed by atoms with E-state index in [1.165, 1.54) is 18.4 Å². The molecule has 0 saturated carbocycles. The van der Waals surface area contributed by atoms with Crippen LogP contribution in [-0.2, 0) is 6.42 Å². The Labute approximate surface area is 130 Å². The first kappa shape index (κ1) is 14.2. The number of hydrogen-bond acceptors (Lipinski definition) is 3. The first-order valence-corrected chi connectivity index (χ1v) is 7.79. The standard InChI is InChI=1S/C17H20ClN3/c18-16-11-15(19)3-4-17(16)21-8-5-13(6-9-21)10-14-2-1-7-20-12-14/h1-4,7,11-13H,5-6,8-10,19H2. The van der Waals surface area contributed by atoms with Crippen molar-refractivity contribution in [3.05, 3.63) is 53.3 Å². The van der Waals surface area contributed by atoms with Crippen molar-refractivity contribution in [2.24, 2.45) is 5.92 Å². The molecule has 2 N–H and O–H groups in total. The Morgan fingerprint density at radius 2 is 2.05 bits per heavy atom. The van der Waals surface area contributed by atoms with Crippen molar-refractivity contribution in [2.45, 2.75) is 19.3 Å². The fourth-order valence-corrected chi connectivity index (χ4v) is 3.32. The topological polar surface area (TPSA) is 42.1 Å². The third kappa shape index (κ3) is 3.48. The molecular weight excluding hydrogens is 282 g/mol. The number of nitrogen functional groups attached to an aromatic ring is 1. The molecule has 2 aromatic rings. The molecule has 1 aromatic carbocycles. The summed E-state index contributed by atoms with van der Waals surface area (Å²) in [5, 5.41) is 0.751. The maximum atomic E-state index is 6.30. The number of aromatic nitrogens is 1. The van der Waals surface area contributed by atoms with Crippen molar-refractivity contribution >= 4 is 23.0 Å². The second kappa shape index (κ2) is 6.35. The highest BCUT2D eigenvalue weighted by atomic mass is 35.5. The minimum Gasteiger partial charge on any atom is -0.399 e. The zero-order valence-corrected chi connectivity index (χ0v) is 12.8. The zero-order valence-electron chi connectivity index (χ0n) is 12.0. The van der Waals surface area contributed by atoms with E-state index in [0.29, 0.717) is 0 Å². The number of nitrogens with two attached hydrogens (primary N) is 1. The number of piperidine rings is 1. The molecule has 1 aliphatic rings. The van der Waals surface area contributed by atoms with Crippen molar-refractivity contribution in [1.82, 2.24) is 4.98 Å². The summed E-state index contributed by atoms with van der Waals surface area (Å²) in [7, 11) is 0. The van der Waals surface area contributed by atoms with Crippen LogP contribution in [0.25, 0.3) is 0 Å². The van der Waals surface area contributed by atoms with Gasteiger partial charge in [-0.1, -0.05) is 17.7 Å². The lowest BCUT2D eigenvalue weighted by molar-refractivity contribution is 0.403. The Bertz CT molecular complexity index is 592. The number of nitrogens with zero attached hydrogens (tertiary/aromatic N) is 2. The van der Waals surface area contributed by atoms with E-state index >= 15 is 0 Å². The van der Waals surface area contributed by atoms with Gasteiger partial charge in [-0.3, -0.25) is 4.98 Å². The molecule has 3 nitrogen and oxygen atoms in total. The van der Waals surface area contributed by atoms with Crippen LogP contribution in [-0.4, -0.2) is 18.1 Å². The molecule has 3 rings (SSSR count). The quantitative estimate of drug-likeness (QED) is 0.877. The fraction of sp³-hybridized carbons (Fsp3) is 0.353. The summed E-state index contributed by atoms with van der Waals surface area (Å²) in [6.45, 7) is 2.10. The van der Waals surface area contributed by atoms with Crippen LogP contribution in [0, 0.1) is 5.92 Å². The number of halogens is 1. The highest BCUT2D eigenvalue weighted by Gasteiger charge is 2.21. The predicted octanol–water partition coefficient (Wildman–Crippen LogP) is 3.78. The van der Waals surface area contributed by atoms with E-state index in [9.17, 15) is 0 Å². The van der Waals surface area contributed by atoms with Gasteiger partial charge in [0.15, 0.2) is 0 Å². The van der Waals surface area contributed by atoms with Crippen LogP contribution in [0.4, 0.5) is 11.4 Å². The van der Waals surface area contributed by atoms with E-state index in [0.717, 1.165) is 41.8 Å². The van der Waals surface area contributed by atoms with Gasteiger partial charge in [0.2, 0.25) is 0 Å². The molecular formula is C17H20ClN3. The molecule has 0 radical (unpaired) electrons. The fourth-order valence-electron chi connectivity index (χ4n) is 3.01. The smallest absolute Gasteiger partial charge is 0.0660 e. The molecule has 0 unspecified atom stereocenters. The van der Waals surface area contributed by atoms with E-state index in [1.807, 2.05) is 36.7 Å². The van der Waals surface area contributed by atoms with Crippen molar-refractivity contribution < 1.29 is 0 Å². The Hall–Kier alpha value is -1.74. The average molecular weight is 302 g/mol. The Morgan fingerprint density at radius 1 is 1.24 bits per heavy atom. The summed E-state index contributed by atoms with van der Waals surface area (Å²) >= 11 is 6.30. The molecule has 110 valence electrons. The number of anilines is 2. The largest absolute Gasteiger partial charge is 0.399 e. The van der Waals surface area contributed by atoms with Crippen molar-refractivity contribution in [2.75, 3.05) is 23.7 Å². The third-order valence-corrected chi connectivity index (χ3v) is 4.48. The summed E-state index contributed by atoms with van der Waals surface area (Å²) in [5.74, 6) is 0.734. The predicted molar refractivity (Wildman–Crippen MR) is 88.7 cm³/mol. The maximum Gasteiger partial charge on any atom is 0.0660 e. The summed E-state index contributed by atoms with van der Waals surface area (Å²) in [6, 6.07) is 9.95. The monoisotopic (exact) mass is 301 g/mol. The van der Waals surface area contributed by atoms with E-state index in [-0.39, 0.29) is 0 Å². The minimum absolute atomic E-state index is 0.718. The van der Waals surface area contributed by atoms with Crippen LogP contribution in [0.2, 0.25) is 5.02 Å². The average Bonchev–Trinajstić information content (AvgIpc) is 2.49. The van der Waals surface area contributed by atoms with Crippen LogP contribution in [0.15, 0.2) is 42.7 Å². The van der Waals surface area contributed by atoms with Crippen molar-refractivity contribution in [3.8, 4) is 0 Å². The molecule has 1 saturated heterocycles. The van der Waals surface area contributed by atoms with Gasteiger partial charge in [0.25, 0.3) is 0 Å². The number of pyridine rings is 1. The summed E-state index contributed by atoms with van der Waals surface area (Å²) in [4.78, 5) is 6.56. The number of rotatable bonds is 3. The molecule has 1 fully saturated rings. The third-order valence-electron chi connectivity index (χ3n) is 4.17. The van der Waals surface area contributed by atoms with Gasteiger partial charge in [0, 0.05) is 31.2 Å². The zero-order chi connectivity index (χ0) is 14.7. The second-order valence-corrected chi connectivity index (χ2v) is 6.11. The maximum absolute atomic E-state index is 6.30. The number of benzene rings is 1. The van der Waals surface area contributed by atoms with Crippen LogP contribution >= 0.6 is 11.6 Å². The first-order chi connectivity index (χ1) is 10.2. The van der Waals surface area contributed by atoms with Crippen LogP contribution < -0.4 is 10.6 Å². The Morgan fingerprint density at radius 3 is 2.71 bits per heavy atom. The summed E-state index contributed by atoms with van der Waals surface area (Å²) < 4.78 is 0. The van der Waals surface area contributed by atoms with Gasteiger partial charge in [-0.25, -0.2) is 0 Å². The van der Waals surface area contributed by atoms with Gasteiger partial charge < -0.3 is 10.6 Å².